The molecule has 3 N–H and O–H groups in total. The molecule has 130 valence electrons. The van der Waals surface area contributed by atoms with Crippen LogP contribution in [0.4, 0.5) is 0 Å². The molecule has 0 aliphatic heterocycles. The number of nitrogens with one attached hydrogen (secondary N) is 2. The third kappa shape index (κ3) is 3.81. The molecule has 0 bridgehead atoms. The van der Waals surface area contributed by atoms with E-state index < -0.39 is 17.4 Å². The standard InChI is InChI=1S/C17H16N2O5S/c20-15(18-9-13-3-1-6-24-13)16(21)19-11-17(22,12-5-7-23-10-12)14-4-2-8-25-14/h1-8,10,22H,9,11H2,(H,18,20)(H,19,21)/t17-/m1/s1. The molecule has 0 spiro atoms. The summed E-state index contributed by atoms with van der Waals surface area (Å²) in [4.78, 5) is 24.5. The zero-order chi connectivity index (χ0) is 17.7. The van der Waals surface area contributed by atoms with Gasteiger partial charge < -0.3 is 24.6 Å². The molecule has 2 amide bonds. The topological polar surface area (TPSA) is 105 Å². The molecule has 3 aromatic heterocycles. The van der Waals surface area contributed by atoms with Gasteiger partial charge in [-0.05, 0) is 29.6 Å². The molecule has 25 heavy (non-hydrogen) atoms. The highest BCUT2D eigenvalue weighted by Gasteiger charge is 2.34. The van der Waals surface area contributed by atoms with Crippen molar-refractivity contribution in [2.45, 2.75) is 12.1 Å². The second-order valence-corrected chi connectivity index (χ2v) is 6.24. The van der Waals surface area contributed by atoms with Gasteiger partial charge in [0.1, 0.15) is 11.4 Å². The maximum Gasteiger partial charge on any atom is 0.309 e. The second-order valence-electron chi connectivity index (χ2n) is 5.29. The summed E-state index contributed by atoms with van der Waals surface area (Å²) in [7, 11) is 0. The van der Waals surface area contributed by atoms with Gasteiger partial charge in [-0.15, -0.1) is 11.3 Å². The van der Waals surface area contributed by atoms with E-state index in [0.29, 0.717) is 16.2 Å². The number of carbonyl (C=O) groups excluding carboxylic acids is 2. The monoisotopic (exact) mass is 360 g/mol. The van der Waals surface area contributed by atoms with Crippen LogP contribution in [0.5, 0.6) is 0 Å². The number of hydrogen-bond acceptors (Lipinski definition) is 6. The SMILES string of the molecule is O=C(NCc1ccco1)C(=O)NC[C@@](O)(c1ccoc1)c1cccs1. The Bertz CT molecular complexity index is 775. The Kier molecular flexibility index (Phi) is 5.01. The highest BCUT2D eigenvalue weighted by Crippen LogP contribution is 2.32. The van der Waals surface area contributed by atoms with Crippen molar-refractivity contribution in [1.82, 2.24) is 10.6 Å². The van der Waals surface area contributed by atoms with E-state index in [1.807, 2.05) is 5.38 Å². The number of aliphatic hydroxyl groups is 1. The van der Waals surface area contributed by atoms with E-state index in [1.54, 1.807) is 30.3 Å². The van der Waals surface area contributed by atoms with E-state index in [2.05, 4.69) is 10.6 Å². The van der Waals surface area contributed by atoms with Gasteiger partial charge >= 0.3 is 11.8 Å². The average Bonchev–Trinajstić information content (AvgIpc) is 3.38. The van der Waals surface area contributed by atoms with Gasteiger partial charge in [0.05, 0.1) is 31.9 Å². The predicted molar refractivity (Wildman–Crippen MR) is 89.6 cm³/mol. The molecule has 0 saturated carbocycles. The predicted octanol–water partition coefficient (Wildman–Crippen LogP) is 1.60. The molecule has 0 aliphatic carbocycles. The summed E-state index contributed by atoms with van der Waals surface area (Å²) < 4.78 is 10.1. The molecule has 0 aliphatic rings. The molecule has 0 saturated heterocycles. The Morgan fingerprint density at radius 2 is 1.96 bits per heavy atom. The molecule has 3 rings (SSSR count). The Morgan fingerprint density at radius 1 is 1.12 bits per heavy atom. The lowest BCUT2D eigenvalue weighted by molar-refractivity contribution is -0.139. The van der Waals surface area contributed by atoms with Gasteiger partial charge in [0.2, 0.25) is 0 Å². The van der Waals surface area contributed by atoms with Crippen molar-refractivity contribution >= 4 is 23.2 Å². The molecule has 8 heteroatoms. The minimum atomic E-state index is -1.47. The van der Waals surface area contributed by atoms with Crippen molar-refractivity contribution in [3.63, 3.8) is 0 Å². The average molecular weight is 360 g/mol. The number of thiophene rings is 1. The Labute approximate surface area is 147 Å². The normalized spacial score (nSPS) is 13.2. The highest BCUT2D eigenvalue weighted by molar-refractivity contribution is 7.10. The number of hydrogen-bond donors (Lipinski definition) is 3. The van der Waals surface area contributed by atoms with Gasteiger partial charge in [0.15, 0.2) is 0 Å². The Morgan fingerprint density at radius 3 is 2.60 bits per heavy atom. The van der Waals surface area contributed by atoms with Crippen LogP contribution < -0.4 is 10.6 Å². The first kappa shape index (κ1) is 17.0. The molecule has 0 fully saturated rings. The van der Waals surface area contributed by atoms with Crippen LogP contribution in [0.2, 0.25) is 0 Å². The minimum Gasteiger partial charge on any atom is -0.472 e. The van der Waals surface area contributed by atoms with E-state index in [1.165, 1.54) is 30.1 Å². The lowest BCUT2D eigenvalue weighted by atomic mass is 9.94. The van der Waals surface area contributed by atoms with E-state index in [4.69, 9.17) is 8.83 Å². The highest BCUT2D eigenvalue weighted by atomic mass is 32.1. The summed E-state index contributed by atoms with van der Waals surface area (Å²) >= 11 is 1.34. The fraction of sp³-hybridized carbons (Fsp3) is 0.176. The van der Waals surface area contributed by atoms with Crippen LogP contribution in [0.3, 0.4) is 0 Å². The van der Waals surface area contributed by atoms with Gasteiger partial charge in [-0.3, -0.25) is 9.59 Å². The first-order chi connectivity index (χ1) is 12.1. The molecule has 3 aromatic rings. The summed E-state index contributed by atoms with van der Waals surface area (Å²) in [6.07, 6.45) is 4.32. The summed E-state index contributed by atoms with van der Waals surface area (Å²) in [6, 6.07) is 8.53. The van der Waals surface area contributed by atoms with Crippen molar-refractivity contribution < 1.29 is 23.5 Å². The lowest BCUT2D eigenvalue weighted by Gasteiger charge is -2.26. The van der Waals surface area contributed by atoms with E-state index in [9.17, 15) is 14.7 Å². The van der Waals surface area contributed by atoms with Crippen LogP contribution in [0.1, 0.15) is 16.2 Å². The summed E-state index contributed by atoms with van der Waals surface area (Å²) in [5, 5.41) is 17.8. The van der Waals surface area contributed by atoms with Crippen LogP contribution in [0.25, 0.3) is 0 Å². The van der Waals surface area contributed by atoms with Gasteiger partial charge in [-0.1, -0.05) is 6.07 Å². The zero-order valence-electron chi connectivity index (χ0n) is 13.1. The van der Waals surface area contributed by atoms with E-state index in [-0.39, 0.29) is 13.1 Å². The number of rotatable bonds is 6. The molecule has 3 heterocycles. The summed E-state index contributed by atoms with van der Waals surface area (Å²) in [5.41, 5.74) is -0.982. The van der Waals surface area contributed by atoms with E-state index >= 15 is 0 Å². The molecule has 0 aromatic carbocycles. The molecule has 0 unspecified atom stereocenters. The quantitative estimate of drug-likeness (QED) is 0.579. The summed E-state index contributed by atoms with van der Waals surface area (Å²) in [6.45, 7) is -0.0593. The van der Waals surface area contributed by atoms with Gasteiger partial charge in [0, 0.05) is 10.4 Å². The molecule has 0 radical (unpaired) electrons. The largest absolute Gasteiger partial charge is 0.472 e. The maximum absolute atomic E-state index is 12.0. The van der Waals surface area contributed by atoms with Crippen LogP contribution in [0.15, 0.2) is 63.3 Å². The molecular weight excluding hydrogens is 344 g/mol. The smallest absolute Gasteiger partial charge is 0.309 e. The van der Waals surface area contributed by atoms with Crippen LogP contribution in [0, 0.1) is 0 Å². The van der Waals surface area contributed by atoms with Gasteiger partial charge in [-0.2, -0.15) is 0 Å². The van der Waals surface area contributed by atoms with Crippen LogP contribution in [-0.2, 0) is 21.7 Å². The van der Waals surface area contributed by atoms with Crippen molar-refractivity contribution in [3.8, 4) is 0 Å². The Balaban J connectivity index is 1.63. The summed E-state index contributed by atoms with van der Waals surface area (Å²) in [5.74, 6) is -1.11. The van der Waals surface area contributed by atoms with Crippen LogP contribution >= 0.6 is 11.3 Å². The van der Waals surface area contributed by atoms with E-state index in [0.717, 1.165) is 0 Å². The molecule has 1 atom stereocenters. The number of carbonyl (C=O) groups is 2. The number of amides is 2. The van der Waals surface area contributed by atoms with Crippen molar-refractivity contribution in [3.05, 3.63) is 70.7 Å². The number of furan rings is 2. The third-order valence-corrected chi connectivity index (χ3v) is 4.66. The second kappa shape index (κ2) is 7.37. The third-order valence-electron chi connectivity index (χ3n) is 3.64. The zero-order valence-corrected chi connectivity index (χ0v) is 13.9. The van der Waals surface area contributed by atoms with Crippen molar-refractivity contribution in [2.75, 3.05) is 6.54 Å². The molecule has 7 nitrogen and oxygen atoms in total. The first-order valence-electron chi connectivity index (χ1n) is 7.47. The molecular formula is C17H16N2O5S. The maximum atomic E-state index is 12.0. The fourth-order valence-electron chi connectivity index (χ4n) is 2.29. The minimum absolute atomic E-state index is 0.107. The van der Waals surface area contributed by atoms with Crippen molar-refractivity contribution in [2.24, 2.45) is 0 Å². The Hall–Kier alpha value is -2.84. The first-order valence-corrected chi connectivity index (χ1v) is 8.35. The van der Waals surface area contributed by atoms with Gasteiger partial charge in [0.25, 0.3) is 0 Å². The van der Waals surface area contributed by atoms with Gasteiger partial charge in [-0.25, -0.2) is 0 Å². The van der Waals surface area contributed by atoms with Crippen molar-refractivity contribution in [1.29, 1.82) is 0 Å². The fourth-order valence-corrected chi connectivity index (χ4v) is 3.14. The van der Waals surface area contributed by atoms with Crippen LogP contribution in [-0.4, -0.2) is 23.5 Å². The lowest BCUT2D eigenvalue weighted by Crippen LogP contribution is -2.46.